The molecule has 1 unspecified atom stereocenters. The largest absolute Gasteiger partial charge is 0.496 e. The van der Waals surface area contributed by atoms with Gasteiger partial charge in [-0.15, -0.1) is 5.10 Å². The van der Waals surface area contributed by atoms with Gasteiger partial charge in [-0.25, -0.2) is 9.07 Å². The Balaban J connectivity index is 1.66. The monoisotopic (exact) mass is 430 g/mol. The molecule has 3 heterocycles. The van der Waals surface area contributed by atoms with Crippen molar-refractivity contribution < 1.29 is 13.7 Å². The predicted molar refractivity (Wildman–Crippen MR) is 115 cm³/mol. The highest BCUT2D eigenvalue weighted by Crippen LogP contribution is 2.35. The van der Waals surface area contributed by atoms with Crippen molar-refractivity contribution in [2.75, 3.05) is 14.2 Å². The summed E-state index contributed by atoms with van der Waals surface area (Å²) in [5.41, 5.74) is 1.94. The lowest BCUT2D eigenvalue weighted by molar-refractivity contribution is 0.374. The molecule has 8 nitrogen and oxygen atoms in total. The molecule has 0 aliphatic carbocycles. The number of aromatic nitrogens is 5. The molecule has 0 N–H and O–H groups in total. The minimum Gasteiger partial charge on any atom is -0.496 e. The van der Waals surface area contributed by atoms with E-state index in [0.29, 0.717) is 28.5 Å². The van der Waals surface area contributed by atoms with Gasteiger partial charge in [-0.2, -0.15) is 4.98 Å². The zero-order valence-electron chi connectivity index (χ0n) is 17.4. The summed E-state index contributed by atoms with van der Waals surface area (Å²) >= 11 is 0. The number of hydrogen-bond acceptors (Lipinski definition) is 7. The summed E-state index contributed by atoms with van der Waals surface area (Å²) < 4.78 is 27.1. The van der Waals surface area contributed by atoms with Crippen molar-refractivity contribution in [2.45, 2.75) is 6.04 Å². The first kappa shape index (κ1) is 19.7. The summed E-state index contributed by atoms with van der Waals surface area (Å²) in [6.45, 7) is 0. The van der Waals surface area contributed by atoms with Gasteiger partial charge in [0.05, 0.1) is 18.7 Å². The lowest BCUT2D eigenvalue weighted by Gasteiger charge is -2.26. The van der Waals surface area contributed by atoms with Crippen LogP contribution < -0.4 is 4.74 Å². The predicted octanol–water partition coefficient (Wildman–Crippen LogP) is 4.19. The first-order chi connectivity index (χ1) is 15.7. The van der Waals surface area contributed by atoms with Gasteiger partial charge in [0.1, 0.15) is 22.9 Å². The average Bonchev–Trinajstić information content (AvgIpc) is 3.47. The number of likely N-dealkylation sites (N-methyl/N-ethyl adjacent to an activating group) is 1. The number of rotatable bonds is 5. The SMILES string of the molecule is COc1ccccc1-c1noc(-c2nnn(-c3ccccc3F)c2C2C=CC=CN2C)n1. The van der Waals surface area contributed by atoms with E-state index in [2.05, 4.69) is 20.5 Å². The molecule has 1 aliphatic rings. The number of para-hydroxylation sites is 2. The van der Waals surface area contributed by atoms with E-state index >= 15 is 0 Å². The molecule has 0 amide bonds. The van der Waals surface area contributed by atoms with Gasteiger partial charge in [-0.3, -0.25) is 0 Å². The first-order valence-electron chi connectivity index (χ1n) is 9.92. The molecule has 0 fully saturated rings. The van der Waals surface area contributed by atoms with Gasteiger partial charge in [0.15, 0.2) is 5.69 Å². The van der Waals surface area contributed by atoms with E-state index in [1.807, 2.05) is 60.6 Å². The molecule has 5 rings (SSSR count). The second-order valence-electron chi connectivity index (χ2n) is 7.15. The molecule has 0 saturated heterocycles. The van der Waals surface area contributed by atoms with Crippen LogP contribution >= 0.6 is 0 Å². The van der Waals surface area contributed by atoms with Gasteiger partial charge < -0.3 is 14.2 Å². The van der Waals surface area contributed by atoms with Crippen molar-refractivity contribution in [2.24, 2.45) is 0 Å². The number of benzene rings is 2. The number of methoxy groups -OCH3 is 1. The fourth-order valence-electron chi connectivity index (χ4n) is 3.63. The Morgan fingerprint density at radius 1 is 1.06 bits per heavy atom. The Bertz CT molecular complexity index is 1330. The topological polar surface area (TPSA) is 82.1 Å². The molecule has 0 bridgehead atoms. The van der Waals surface area contributed by atoms with E-state index in [9.17, 15) is 4.39 Å². The standard InChI is InChI=1S/C23H19FN6O2/c1-29-14-8-7-12-18(29)21-20(26-28-30(21)17-11-5-4-10-16(17)24)23-25-22(27-32-23)15-9-3-6-13-19(15)31-2/h3-14,18H,1-2H3. The number of halogens is 1. The highest BCUT2D eigenvalue weighted by molar-refractivity contribution is 5.66. The summed E-state index contributed by atoms with van der Waals surface area (Å²) in [6, 6.07) is 13.5. The van der Waals surface area contributed by atoms with Crippen LogP contribution in [0.3, 0.4) is 0 Å². The van der Waals surface area contributed by atoms with E-state index in [1.165, 1.54) is 10.7 Å². The summed E-state index contributed by atoms with van der Waals surface area (Å²) in [7, 11) is 3.50. The third kappa shape index (κ3) is 3.33. The average molecular weight is 430 g/mol. The molecule has 160 valence electrons. The molecule has 1 aliphatic heterocycles. The quantitative estimate of drug-likeness (QED) is 0.470. The maximum atomic E-state index is 14.6. The van der Waals surface area contributed by atoms with Crippen LogP contribution in [-0.4, -0.2) is 44.2 Å². The fraction of sp³-hybridized carbons (Fsp3) is 0.130. The summed E-state index contributed by atoms with van der Waals surface area (Å²) in [6.07, 6.45) is 7.72. The Morgan fingerprint density at radius 3 is 2.69 bits per heavy atom. The van der Waals surface area contributed by atoms with Crippen LogP contribution in [0.25, 0.3) is 28.7 Å². The van der Waals surface area contributed by atoms with E-state index in [4.69, 9.17) is 9.26 Å². The van der Waals surface area contributed by atoms with E-state index in [-0.39, 0.29) is 17.6 Å². The van der Waals surface area contributed by atoms with Crippen LogP contribution in [0.4, 0.5) is 4.39 Å². The van der Waals surface area contributed by atoms with Crippen molar-refractivity contribution in [1.82, 2.24) is 30.0 Å². The van der Waals surface area contributed by atoms with Gasteiger partial charge in [-0.05, 0) is 36.5 Å². The summed E-state index contributed by atoms with van der Waals surface area (Å²) in [5.74, 6) is 0.745. The molecule has 0 saturated carbocycles. The van der Waals surface area contributed by atoms with E-state index in [1.54, 1.807) is 25.3 Å². The fourth-order valence-corrected chi connectivity index (χ4v) is 3.63. The van der Waals surface area contributed by atoms with Crippen LogP contribution in [0.2, 0.25) is 0 Å². The van der Waals surface area contributed by atoms with Crippen LogP contribution in [-0.2, 0) is 0 Å². The normalized spacial score (nSPS) is 15.3. The number of allylic oxidation sites excluding steroid dienone is 2. The van der Waals surface area contributed by atoms with Crippen molar-refractivity contribution >= 4 is 0 Å². The van der Waals surface area contributed by atoms with Crippen LogP contribution in [0.15, 0.2) is 77.5 Å². The zero-order chi connectivity index (χ0) is 22.1. The maximum absolute atomic E-state index is 14.6. The Labute approximate surface area is 183 Å². The minimum absolute atomic E-state index is 0.180. The lowest BCUT2D eigenvalue weighted by Crippen LogP contribution is -2.22. The molecular weight excluding hydrogens is 411 g/mol. The highest BCUT2D eigenvalue weighted by atomic mass is 19.1. The van der Waals surface area contributed by atoms with Crippen LogP contribution in [0.1, 0.15) is 11.7 Å². The zero-order valence-corrected chi connectivity index (χ0v) is 17.4. The number of nitrogens with zero attached hydrogens (tertiary/aromatic N) is 6. The van der Waals surface area contributed by atoms with Gasteiger partial charge >= 0.3 is 0 Å². The Morgan fingerprint density at radius 2 is 1.88 bits per heavy atom. The van der Waals surface area contributed by atoms with Crippen molar-refractivity contribution in [3.8, 4) is 34.4 Å². The smallest absolute Gasteiger partial charge is 0.280 e. The van der Waals surface area contributed by atoms with Gasteiger partial charge in [-0.1, -0.05) is 46.8 Å². The highest BCUT2D eigenvalue weighted by Gasteiger charge is 2.30. The summed E-state index contributed by atoms with van der Waals surface area (Å²) in [4.78, 5) is 6.51. The summed E-state index contributed by atoms with van der Waals surface area (Å²) in [5, 5.41) is 12.6. The molecule has 1 atom stereocenters. The van der Waals surface area contributed by atoms with E-state index < -0.39 is 5.82 Å². The van der Waals surface area contributed by atoms with E-state index in [0.717, 1.165) is 0 Å². The second kappa shape index (κ2) is 8.10. The Kier molecular flexibility index (Phi) is 4.98. The molecule has 0 radical (unpaired) electrons. The Hall–Kier alpha value is -4.27. The molecule has 9 heteroatoms. The van der Waals surface area contributed by atoms with Gasteiger partial charge in [0.25, 0.3) is 5.89 Å². The molecule has 0 spiro atoms. The van der Waals surface area contributed by atoms with Gasteiger partial charge in [0.2, 0.25) is 5.82 Å². The minimum atomic E-state index is -0.413. The third-order valence-electron chi connectivity index (χ3n) is 5.21. The lowest BCUT2D eigenvalue weighted by atomic mass is 10.1. The molecule has 2 aromatic heterocycles. The van der Waals surface area contributed by atoms with Crippen molar-refractivity contribution in [3.63, 3.8) is 0 Å². The van der Waals surface area contributed by atoms with Crippen LogP contribution in [0.5, 0.6) is 5.75 Å². The number of hydrogen-bond donors (Lipinski definition) is 0. The number of ether oxygens (including phenoxy) is 1. The maximum Gasteiger partial charge on any atom is 0.280 e. The van der Waals surface area contributed by atoms with Crippen molar-refractivity contribution in [3.05, 3.63) is 84.5 Å². The molecule has 32 heavy (non-hydrogen) atoms. The van der Waals surface area contributed by atoms with Gasteiger partial charge in [0, 0.05) is 7.05 Å². The first-order valence-corrected chi connectivity index (χ1v) is 9.92. The molecular formula is C23H19FN6O2. The molecule has 2 aromatic carbocycles. The second-order valence-corrected chi connectivity index (χ2v) is 7.15. The van der Waals surface area contributed by atoms with Crippen LogP contribution in [0, 0.1) is 5.82 Å². The third-order valence-corrected chi connectivity index (χ3v) is 5.21. The van der Waals surface area contributed by atoms with Crippen molar-refractivity contribution in [1.29, 1.82) is 0 Å². The molecule has 4 aromatic rings.